The summed E-state index contributed by atoms with van der Waals surface area (Å²) in [5.74, 6) is 0.0682. The average Bonchev–Trinajstić information content (AvgIpc) is 4.18. The molecule has 0 radical (unpaired) electrons. The summed E-state index contributed by atoms with van der Waals surface area (Å²) in [6.45, 7) is 4.87. The number of carbonyl (C=O) groups is 2. The standard InChI is InChI=1S/C28H23ClN2O3.C27H21ClN2O3/c1-18-8-10-26(24-14-20(29)9-11-27(24)34-17-19-6-4-3-5-7-19)31(18)21-15-23(28(32)33-2)22-12-13-30-25(22)16-21;1-17-7-9-25(30(17)20-14-22(27(31)32)21-11-12-29-24(21)15-20)23-13-19(28)8-10-26(23)33-16-18-5-3-2-4-6-18/h3-16,30H,17H2,1-2H3;2-15,29H,16H2,1H3,(H,31,32). The molecule has 10 aromatic rings. The zero-order chi connectivity index (χ0) is 46.6. The number of hydrogen-bond donors (Lipinski definition) is 3. The van der Waals surface area contributed by atoms with Gasteiger partial charge in [-0.25, -0.2) is 9.59 Å². The third-order valence-electron chi connectivity index (χ3n) is 11.5. The lowest BCUT2D eigenvalue weighted by molar-refractivity contribution is 0.0602. The molecule has 4 heterocycles. The van der Waals surface area contributed by atoms with Crippen LogP contribution in [0.1, 0.15) is 43.2 Å². The Morgan fingerprint density at radius 3 is 1.45 bits per heavy atom. The Bertz CT molecular complexity index is 3400. The highest BCUT2D eigenvalue weighted by Crippen LogP contribution is 2.39. The van der Waals surface area contributed by atoms with Gasteiger partial charge in [0.2, 0.25) is 0 Å². The Kier molecular flexibility index (Phi) is 12.7. The van der Waals surface area contributed by atoms with Crippen LogP contribution in [0.2, 0.25) is 10.0 Å². The number of nitrogens with one attached hydrogen (secondary N) is 2. The van der Waals surface area contributed by atoms with Gasteiger partial charge >= 0.3 is 11.9 Å². The summed E-state index contributed by atoms with van der Waals surface area (Å²) in [5.41, 5.74) is 11.5. The maximum atomic E-state index is 12.5. The van der Waals surface area contributed by atoms with Crippen molar-refractivity contribution in [2.75, 3.05) is 7.11 Å². The van der Waals surface area contributed by atoms with Crippen molar-refractivity contribution in [1.29, 1.82) is 0 Å². The summed E-state index contributed by atoms with van der Waals surface area (Å²) in [4.78, 5) is 30.8. The molecule has 4 aromatic heterocycles. The van der Waals surface area contributed by atoms with Crippen LogP contribution in [0.25, 0.3) is 55.7 Å². The zero-order valence-corrected chi connectivity index (χ0v) is 38.2. The largest absolute Gasteiger partial charge is 0.488 e. The fraction of sp³-hybridized carbons (Fsp3) is 0.0909. The van der Waals surface area contributed by atoms with Gasteiger partial charge in [0, 0.05) is 78.1 Å². The molecule has 0 aliphatic heterocycles. The maximum absolute atomic E-state index is 12.5. The van der Waals surface area contributed by atoms with Gasteiger partial charge < -0.3 is 38.4 Å². The number of aryl methyl sites for hydroxylation is 2. The van der Waals surface area contributed by atoms with Crippen LogP contribution in [0.3, 0.4) is 0 Å². The second kappa shape index (κ2) is 19.3. The predicted molar refractivity (Wildman–Crippen MR) is 265 cm³/mol. The van der Waals surface area contributed by atoms with E-state index in [1.807, 2.05) is 164 Å². The Labute approximate surface area is 396 Å². The SMILES string of the molecule is COC(=O)c1cc(-n2c(C)ccc2-c2cc(Cl)ccc2OCc2ccccc2)cc2[nH]ccc12.Cc1ccc(-c2cc(Cl)ccc2OCc2ccccc2)n1-c1cc(C(=O)O)c2cc[nH]c2c1. The van der Waals surface area contributed by atoms with Crippen LogP contribution in [0.5, 0.6) is 11.5 Å². The Balaban J connectivity index is 0.000000168. The van der Waals surface area contributed by atoms with Crippen molar-refractivity contribution in [3.05, 3.63) is 214 Å². The van der Waals surface area contributed by atoms with Crippen LogP contribution >= 0.6 is 23.2 Å². The summed E-state index contributed by atoms with van der Waals surface area (Å²) in [6.07, 6.45) is 3.56. The number of carboxylic acids is 1. The molecular weight excluding hydrogens is 884 g/mol. The molecule has 6 aromatic carbocycles. The van der Waals surface area contributed by atoms with Crippen molar-refractivity contribution in [3.8, 4) is 45.4 Å². The number of hydrogen-bond acceptors (Lipinski definition) is 5. The Morgan fingerprint density at radius 2 is 1.00 bits per heavy atom. The van der Waals surface area contributed by atoms with Crippen molar-refractivity contribution in [1.82, 2.24) is 19.1 Å². The Hall–Kier alpha value is -7.92. The quantitative estimate of drug-likeness (QED) is 0.105. The van der Waals surface area contributed by atoms with Gasteiger partial charge in [-0.1, -0.05) is 83.9 Å². The Morgan fingerprint density at radius 1 is 0.552 bits per heavy atom. The lowest BCUT2D eigenvalue weighted by atomic mass is 10.1. The second-order valence-electron chi connectivity index (χ2n) is 15.9. The number of carbonyl (C=O) groups excluding carboxylic acids is 1. The molecule has 67 heavy (non-hydrogen) atoms. The van der Waals surface area contributed by atoms with Crippen molar-refractivity contribution < 1.29 is 28.9 Å². The van der Waals surface area contributed by atoms with E-state index in [1.165, 1.54) is 7.11 Å². The van der Waals surface area contributed by atoms with Crippen molar-refractivity contribution >= 4 is 56.9 Å². The first kappa shape index (κ1) is 44.3. The molecule has 334 valence electrons. The number of aromatic amines is 2. The van der Waals surface area contributed by atoms with Gasteiger partial charge in [-0.3, -0.25) is 0 Å². The summed E-state index contributed by atoms with van der Waals surface area (Å²) >= 11 is 12.8. The monoisotopic (exact) mass is 926 g/mol. The van der Waals surface area contributed by atoms with Crippen LogP contribution in [0.4, 0.5) is 0 Å². The highest BCUT2D eigenvalue weighted by molar-refractivity contribution is 6.31. The van der Waals surface area contributed by atoms with Gasteiger partial charge in [0.05, 0.1) is 29.6 Å². The van der Waals surface area contributed by atoms with Crippen LogP contribution in [-0.2, 0) is 18.0 Å². The molecule has 0 aliphatic carbocycles. The number of carboxylic acid groups (broad SMARTS) is 1. The lowest BCUT2D eigenvalue weighted by Gasteiger charge is -2.17. The molecule has 12 heteroatoms. The molecule has 0 unspecified atom stereocenters. The topological polar surface area (TPSA) is 124 Å². The zero-order valence-electron chi connectivity index (χ0n) is 36.7. The van der Waals surface area contributed by atoms with E-state index in [2.05, 4.69) is 14.5 Å². The third kappa shape index (κ3) is 9.31. The van der Waals surface area contributed by atoms with E-state index >= 15 is 0 Å². The lowest BCUT2D eigenvalue weighted by Crippen LogP contribution is -2.06. The predicted octanol–water partition coefficient (Wildman–Crippen LogP) is 13.8. The summed E-state index contributed by atoms with van der Waals surface area (Å²) < 4.78 is 21.6. The molecule has 0 saturated carbocycles. The van der Waals surface area contributed by atoms with Gasteiger partial charge in [0.15, 0.2) is 0 Å². The van der Waals surface area contributed by atoms with Crippen LogP contribution < -0.4 is 9.47 Å². The number of rotatable bonds is 12. The number of fused-ring (bicyclic) bond motifs is 2. The summed E-state index contributed by atoms with van der Waals surface area (Å²) in [7, 11) is 1.39. The fourth-order valence-corrected chi connectivity index (χ4v) is 8.67. The molecule has 0 atom stereocenters. The van der Waals surface area contributed by atoms with Crippen molar-refractivity contribution in [2.45, 2.75) is 27.1 Å². The fourth-order valence-electron chi connectivity index (χ4n) is 8.33. The van der Waals surface area contributed by atoms with Crippen LogP contribution in [0, 0.1) is 13.8 Å². The number of benzene rings is 6. The highest BCUT2D eigenvalue weighted by Gasteiger charge is 2.21. The van der Waals surface area contributed by atoms with Gasteiger partial charge in [-0.2, -0.15) is 0 Å². The van der Waals surface area contributed by atoms with E-state index in [0.717, 1.165) is 78.6 Å². The number of halogens is 2. The van der Waals surface area contributed by atoms with E-state index in [-0.39, 0.29) is 11.5 Å². The molecule has 0 amide bonds. The van der Waals surface area contributed by atoms with Gasteiger partial charge in [0.1, 0.15) is 24.7 Å². The number of aromatic carboxylic acids is 1. The van der Waals surface area contributed by atoms with E-state index in [1.54, 1.807) is 24.4 Å². The number of ether oxygens (including phenoxy) is 3. The normalized spacial score (nSPS) is 11.1. The minimum atomic E-state index is -0.970. The highest BCUT2D eigenvalue weighted by atomic mass is 35.5. The second-order valence-corrected chi connectivity index (χ2v) is 16.8. The van der Waals surface area contributed by atoms with Gasteiger partial charge in [-0.15, -0.1) is 0 Å². The van der Waals surface area contributed by atoms with E-state index in [0.29, 0.717) is 40.0 Å². The molecule has 3 N–H and O–H groups in total. The van der Waals surface area contributed by atoms with Crippen molar-refractivity contribution in [2.24, 2.45) is 0 Å². The van der Waals surface area contributed by atoms with Crippen LogP contribution in [0.15, 0.2) is 170 Å². The first-order chi connectivity index (χ1) is 32.6. The average molecular weight is 928 g/mol. The van der Waals surface area contributed by atoms with Gasteiger partial charge in [0.25, 0.3) is 0 Å². The first-order valence-electron chi connectivity index (χ1n) is 21.4. The number of methoxy groups -OCH3 is 1. The number of esters is 1. The van der Waals surface area contributed by atoms with Crippen molar-refractivity contribution in [3.63, 3.8) is 0 Å². The van der Waals surface area contributed by atoms with Gasteiger partial charge in [-0.05, 0) is 122 Å². The molecule has 0 aliphatic rings. The number of aromatic nitrogens is 4. The molecule has 10 rings (SSSR count). The van der Waals surface area contributed by atoms with Crippen LogP contribution in [-0.4, -0.2) is 43.3 Å². The maximum Gasteiger partial charge on any atom is 0.338 e. The van der Waals surface area contributed by atoms with E-state index in [4.69, 9.17) is 37.4 Å². The first-order valence-corrected chi connectivity index (χ1v) is 22.2. The number of nitrogens with zero attached hydrogens (tertiary/aromatic N) is 2. The molecular formula is C55H44Cl2N4O6. The third-order valence-corrected chi connectivity index (χ3v) is 12.0. The number of H-pyrrole nitrogens is 2. The van der Waals surface area contributed by atoms with E-state index in [9.17, 15) is 14.7 Å². The molecule has 10 nitrogen and oxygen atoms in total. The molecule has 0 saturated heterocycles. The molecule has 0 fully saturated rings. The summed E-state index contributed by atoms with van der Waals surface area (Å²) in [5, 5.41) is 12.5. The molecule has 0 bridgehead atoms. The summed E-state index contributed by atoms with van der Waals surface area (Å²) in [6, 6.07) is 50.4. The minimum absolute atomic E-state index is 0.245. The molecule has 0 spiro atoms. The minimum Gasteiger partial charge on any atom is -0.488 e. The van der Waals surface area contributed by atoms with E-state index < -0.39 is 5.97 Å². The smallest absolute Gasteiger partial charge is 0.338 e.